The summed E-state index contributed by atoms with van der Waals surface area (Å²) < 4.78 is 7.66. The molecule has 0 radical (unpaired) electrons. The molecule has 0 unspecified atom stereocenters. The molecule has 0 aliphatic carbocycles. The van der Waals surface area contributed by atoms with E-state index in [0.717, 1.165) is 33.2 Å². The van der Waals surface area contributed by atoms with Crippen LogP contribution < -0.4 is 5.73 Å². The van der Waals surface area contributed by atoms with Crippen molar-refractivity contribution in [2.45, 2.75) is 59.6 Å². The maximum absolute atomic E-state index is 12.8. The van der Waals surface area contributed by atoms with E-state index in [1.54, 1.807) is 11.3 Å². The fourth-order valence-corrected chi connectivity index (χ4v) is 5.24. The molecule has 0 amide bonds. The third kappa shape index (κ3) is 4.74. The highest BCUT2D eigenvalue weighted by Gasteiger charge is 2.33. The predicted molar refractivity (Wildman–Crippen MR) is 137 cm³/mol. The van der Waals surface area contributed by atoms with Crippen LogP contribution >= 0.6 is 11.3 Å². The van der Waals surface area contributed by atoms with Gasteiger partial charge in [0.1, 0.15) is 22.5 Å². The van der Waals surface area contributed by atoms with Crippen LogP contribution in [-0.2, 0) is 9.53 Å². The molecule has 2 aromatic heterocycles. The van der Waals surface area contributed by atoms with Crippen molar-refractivity contribution in [2.75, 3.05) is 6.54 Å². The Morgan fingerprint density at radius 2 is 1.88 bits per heavy atom. The lowest BCUT2D eigenvalue weighted by Gasteiger charge is -2.21. The van der Waals surface area contributed by atoms with Crippen LogP contribution in [0.25, 0.3) is 11.1 Å². The summed E-state index contributed by atoms with van der Waals surface area (Å²) in [5.74, 6) is 1.11. The topological polar surface area (TPSA) is 95.4 Å². The van der Waals surface area contributed by atoms with Gasteiger partial charge in [0.05, 0.1) is 12.1 Å². The Bertz CT molecular complexity index is 1280. The number of nitrogens with zero attached hydrogens (tertiary/aromatic N) is 4. The number of aryl methyl sites for hydroxylation is 2. The van der Waals surface area contributed by atoms with E-state index >= 15 is 0 Å². The number of carbonyl (C=O) groups excluding carboxylic acids is 1. The van der Waals surface area contributed by atoms with Gasteiger partial charge in [-0.05, 0) is 52.7 Å². The molecule has 0 saturated heterocycles. The zero-order valence-corrected chi connectivity index (χ0v) is 21.4. The van der Waals surface area contributed by atoms with Gasteiger partial charge in [0.2, 0.25) is 0 Å². The average molecular weight is 478 g/mol. The molecule has 4 rings (SSSR count). The zero-order chi connectivity index (χ0) is 24.6. The second kappa shape index (κ2) is 9.27. The van der Waals surface area contributed by atoms with Gasteiger partial charge >= 0.3 is 5.97 Å². The number of hydrogen-bond acceptors (Lipinski definition) is 7. The van der Waals surface area contributed by atoms with Crippen molar-refractivity contribution in [3.63, 3.8) is 0 Å². The molecular weight excluding hydrogens is 446 g/mol. The molecule has 178 valence electrons. The fourth-order valence-electron chi connectivity index (χ4n) is 4.02. The SMILES string of the molecule is Cc1sc2c(c1C)C(c1ccc(/C=C/CN)cc1)=N[C@H](CC(=O)OC(C)(C)C)c1nnc(C)n1-2. The van der Waals surface area contributed by atoms with Crippen LogP contribution in [0.15, 0.2) is 35.3 Å². The lowest BCUT2D eigenvalue weighted by atomic mass is 9.98. The first-order valence-electron chi connectivity index (χ1n) is 11.4. The minimum atomic E-state index is -0.572. The maximum Gasteiger partial charge on any atom is 0.308 e. The van der Waals surface area contributed by atoms with Gasteiger partial charge in [-0.2, -0.15) is 0 Å². The minimum absolute atomic E-state index is 0.0865. The van der Waals surface area contributed by atoms with Crippen molar-refractivity contribution in [1.29, 1.82) is 0 Å². The van der Waals surface area contributed by atoms with Crippen LogP contribution in [-0.4, -0.2) is 38.6 Å². The number of nitrogens with two attached hydrogens (primary N) is 1. The summed E-state index contributed by atoms with van der Waals surface area (Å²) in [7, 11) is 0. The number of fused-ring (bicyclic) bond motifs is 3. The molecule has 8 heteroatoms. The highest BCUT2D eigenvalue weighted by Crippen LogP contribution is 2.39. The van der Waals surface area contributed by atoms with Crippen LogP contribution in [0.4, 0.5) is 0 Å². The third-order valence-electron chi connectivity index (χ3n) is 5.65. The molecule has 1 atom stereocenters. The second-order valence-corrected chi connectivity index (χ2v) is 10.7. The number of benzene rings is 1. The first kappa shape index (κ1) is 24.0. The molecule has 34 heavy (non-hydrogen) atoms. The van der Waals surface area contributed by atoms with Gasteiger partial charge in [-0.15, -0.1) is 21.5 Å². The van der Waals surface area contributed by atoms with Crippen LogP contribution in [0.5, 0.6) is 0 Å². The van der Waals surface area contributed by atoms with Crippen LogP contribution in [0, 0.1) is 20.8 Å². The van der Waals surface area contributed by atoms with Gasteiger partial charge < -0.3 is 10.5 Å². The van der Waals surface area contributed by atoms with Crippen molar-refractivity contribution in [2.24, 2.45) is 10.7 Å². The van der Waals surface area contributed by atoms with Crippen LogP contribution in [0.1, 0.15) is 72.0 Å². The molecule has 1 aromatic carbocycles. The number of hydrogen-bond donors (Lipinski definition) is 1. The van der Waals surface area contributed by atoms with E-state index in [1.165, 1.54) is 10.4 Å². The van der Waals surface area contributed by atoms with Gasteiger partial charge in [0, 0.05) is 22.5 Å². The molecule has 7 nitrogen and oxygen atoms in total. The maximum atomic E-state index is 12.8. The smallest absolute Gasteiger partial charge is 0.308 e. The van der Waals surface area contributed by atoms with Crippen molar-refractivity contribution >= 4 is 29.1 Å². The second-order valence-electron chi connectivity index (χ2n) is 9.45. The number of rotatable bonds is 5. The lowest BCUT2D eigenvalue weighted by molar-refractivity contribution is -0.155. The number of ether oxygens (including phenoxy) is 1. The van der Waals surface area contributed by atoms with E-state index in [2.05, 4.69) is 48.3 Å². The quantitative estimate of drug-likeness (QED) is 0.530. The summed E-state index contributed by atoms with van der Waals surface area (Å²) in [5, 5.41) is 9.81. The van der Waals surface area contributed by atoms with E-state index in [0.29, 0.717) is 12.4 Å². The predicted octanol–water partition coefficient (Wildman–Crippen LogP) is 4.85. The summed E-state index contributed by atoms with van der Waals surface area (Å²) in [6, 6.07) is 7.72. The van der Waals surface area contributed by atoms with E-state index in [1.807, 2.05) is 44.4 Å². The summed E-state index contributed by atoms with van der Waals surface area (Å²) in [5.41, 5.74) is 10.2. The molecule has 0 bridgehead atoms. The molecule has 3 heterocycles. The van der Waals surface area contributed by atoms with E-state index < -0.39 is 11.6 Å². The minimum Gasteiger partial charge on any atom is -0.460 e. The number of esters is 1. The Balaban J connectivity index is 1.87. The summed E-state index contributed by atoms with van der Waals surface area (Å²) in [6.07, 6.45) is 4.01. The fraction of sp³-hybridized carbons (Fsp3) is 0.385. The Kier molecular flexibility index (Phi) is 6.55. The highest BCUT2D eigenvalue weighted by molar-refractivity contribution is 7.15. The third-order valence-corrected chi connectivity index (χ3v) is 6.84. The summed E-state index contributed by atoms with van der Waals surface area (Å²) >= 11 is 1.70. The molecule has 1 aliphatic rings. The molecule has 2 N–H and O–H groups in total. The van der Waals surface area contributed by atoms with Gasteiger partial charge in [-0.3, -0.25) is 14.4 Å². The molecule has 0 spiro atoms. The number of carbonyl (C=O) groups is 1. The molecule has 0 saturated carbocycles. The average Bonchev–Trinajstić information content (AvgIpc) is 3.24. The summed E-state index contributed by atoms with van der Waals surface area (Å²) in [4.78, 5) is 19.2. The Morgan fingerprint density at radius 3 is 2.53 bits per heavy atom. The Hall–Kier alpha value is -3.10. The van der Waals surface area contributed by atoms with Gasteiger partial charge in [-0.1, -0.05) is 36.4 Å². The number of aliphatic imine (C=N–C) groups is 1. The Labute approximate surface area is 204 Å². The van der Waals surface area contributed by atoms with E-state index in [-0.39, 0.29) is 12.4 Å². The van der Waals surface area contributed by atoms with Crippen molar-refractivity contribution in [1.82, 2.24) is 14.8 Å². The first-order chi connectivity index (χ1) is 16.1. The van der Waals surface area contributed by atoms with E-state index in [9.17, 15) is 4.79 Å². The Morgan fingerprint density at radius 1 is 1.18 bits per heavy atom. The zero-order valence-electron chi connectivity index (χ0n) is 20.5. The summed E-state index contributed by atoms with van der Waals surface area (Å²) in [6.45, 7) is 12.3. The largest absolute Gasteiger partial charge is 0.460 e. The van der Waals surface area contributed by atoms with Crippen molar-refractivity contribution in [3.05, 3.63) is 69.1 Å². The molecule has 0 fully saturated rings. The normalized spacial score (nSPS) is 15.6. The molecule has 1 aliphatic heterocycles. The van der Waals surface area contributed by atoms with Gasteiger partial charge in [0.15, 0.2) is 5.82 Å². The highest BCUT2D eigenvalue weighted by atomic mass is 32.1. The van der Waals surface area contributed by atoms with Gasteiger partial charge in [-0.25, -0.2) is 0 Å². The van der Waals surface area contributed by atoms with Crippen LogP contribution in [0.2, 0.25) is 0 Å². The molecular formula is C26H31N5O2S. The van der Waals surface area contributed by atoms with Gasteiger partial charge in [0.25, 0.3) is 0 Å². The van der Waals surface area contributed by atoms with Crippen molar-refractivity contribution < 1.29 is 9.53 Å². The number of aromatic nitrogens is 3. The van der Waals surface area contributed by atoms with Crippen LogP contribution in [0.3, 0.4) is 0 Å². The van der Waals surface area contributed by atoms with E-state index in [4.69, 9.17) is 15.5 Å². The number of thiophene rings is 1. The monoisotopic (exact) mass is 477 g/mol. The first-order valence-corrected chi connectivity index (χ1v) is 12.2. The molecule has 3 aromatic rings. The lowest BCUT2D eigenvalue weighted by Crippen LogP contribution is -2.25. The van der Waals surface area contributed by atoms with Crippen molar-refractivity contribution in [3.8, 4) is 5.00 Å². The standard InChI is InChI=1S/C26H31N5O2S/c1-15-16(2)34-25-22(15)23(19-11-9-18(10-12-19)8-7-13-27)28-20(14-21(32)33-26(4,5)6)24-30-29-17(3)31(24)25/h7-12,20H,13-14,27H2,1-6H3/b8-7+/t20-/m1/s1.